The van der Waals surface area contributed by atoms with Gasteiger partial charge in [0, 0.05) is 24.7 Å². The molecule has 3 N–H and O–H groups in total. The number of aryl methyl sites for hydroxylation is 1. The zero-order valence-electron chi connectivity index (χ0n) is 16.2. The third kappa shape index (κ3) is 4.31. The van der Waals surface area contributed by atoms with Gasteiger partial charge in [-0.05, 0) is 25.5 Å². The number of nitrogens with zero attached hydrogens (tertiary/aromatic N) is 4. The summed E-state index contributed by atoms with van der Waals surface area (Å²) in [7, 11) is 2.91. The Morgan fingerprint density at radius 3 is 2.55 bits per heavy atom. The first-order chi connectivity index (χ1) is 13.7. The maximum absolute atomic E-state index is 14.5. The summed E-state index contributed by atoms with van der Waals surface area (Å²) in [5.41, 5.74) is 7.74. The van der Waals surface area contributed by atoms with E-state index in [1.807, 2.05) is 13.1 Å². The fraction of sp³-hybridized carbons (Fsp3) is 0.222. The van der Waals surface area contributed by atoms with Crippen molar-refractivity contribution in [2.75, 3.05) is 25.8 Å². The fourth-order valence-electron chi connectivity index (χ4n) is 2.89. The highest BCUT2D eigenvalue weighted by molar-refractivity contribution is 7.63. The van der Waals surface area contributed by atoms with E-state index >= 15 is 0 Å². The average molecular weight is 437 g/mol. The summed E-state index contributed by atoms with van der Waals surface area (Å²) in [5.74, 6) is -0.976. The van der Waals surface area contributed by atoms with Gasteiger partial charge < -0.3 is 15.8 Å². The van der Waals surface area contributed by atoms with Gasteiger partial charge in [-0.25, -0.2) is 4.39 Å². The lowest BCUT2D eigenvalue weighted by Crippen LogP contribution is -2.16. The Hall–Kier alpha value is -2.77. The van der Waals surface area contributed by atoms with E-state index in [2.05, 4.69) is 33.9 Å². The number of rotatable bonds is 6. The molecule has 3 aromatic rings. The molecule has 29 heavy (non-hydrogen) atoms. The number of hydrogen-bond donors (Lipinski definition) is 2. The van der Waals surface area contributed by atoms with Crippen molar-refractivity contribution in [2.45, 2.75) is 0 Å². The Bertz CT molecular complexity index is 1090. The van der Waals surface area contributed by atoms with Crippen molar-refractivity contribution in [1.29, 1.82) is 0 Å². The number of aromatic nitrogens is 4. The lowest BCUT2D eigenvalue weighted by atomic mass is 10.1. The van der Waals surface area contributed by atoms with Gasteiger partial charge in [0.1, 0.15) is 5.82 Å². The Balaban J connectivity index is 2.14. The number of benzene rings is 1. The maximum Gasteiger partial charge on any atom is 0.271 e. The number of nitrogens with two attached hydrogens (primary N) is 1. The number of ether oxygens (including phenoxy) is 1. The number of carbonyl (C=O) groups excluding carboxylic acids is 1. The molecule has 0 fully saturated rings. The Kier molecular flexibility index (Phi) is 6.00. The van der Waals surface area contributed by atoms with E-state index in [-0.39, 0.29) is 22.2 Å². The topological polar surface area (TPSA) is 108 Å². The van der Waals surface area contributed by atoms with Gasteiger partial charge in [-0.1, -0.05) is 19.5 Å². The van der Waals surface area contributed by atoms with Crippen LogP contribution in [0.3, 0.4) is 0 Å². The molecule has 8 nitrogen and oxygen atoms in total. The highest BCUT2D eigenvalue weighted by Crippen LogP contribution is 2.39. The van der Waals surface area contributed by atoms with E-state index in [9.17, 15) is 9.18 Å². The Morgan fingerprint density at radius 1 is 1.24 bits per heavy atom. The van der Waals surface area contributed by atoms with E-state index in [4.69, 9.17) is 22.1 Å². The number of amides is 1. The molecule has 0 atom stereocenters. The minimum absolute atomic E-state index is 0.0432. The first-order valence-corrected chi connectivity index (χ1v) is 11.0. The average Bonchev–Trinajstić information content (AvgIpc) is 3.03. The molecule has 0 saturated heterocycles. The van der Waals surface area contributed by atoms with Gasteiger partial charge in [0.15, 0.2) is 16.6 Å². The Morgan fingerprint density at radius 2 is 1.97 bits per heavy atom. The van der Waals surface area contributed by atoms with Crippen molar-refractivity contribution in [2.24, 2.45) is 12.8 Å². The molecule has 0 bridgehead atoms. The second-order valence-electron chi connectivity index (χ2n) is 6.36. The molecule has 0 aliphatic heterocycles. The normalized spacial score (nSPS) is 11.0. The molecule has 1 aromatic carbocycles. The summed E-state index contributed by atoms with van der Waals surface area (Å²) in [5, 5.41) is 14.8. The monoisotopic (exact) mass is 436 g/mol. The molecule has 3 rings (SSSR count). The molecule has 152 valence electrons. The zero-order valence-corrected chi connectivity index (χ0v) is 17.8. The predicted octanol–water partition coefficient (Wildman–Crippen LogP) is 2.89. The van der Waals surface area contributed by atoms with Crippen LogP contribution in [-0.2, 0) is 7.05 Å². The van der Waals surface area contributed by atoms with Crippen molar-refractivity contribution in [3.8, 4) is 17.0 Å². The van der Waals surface area contributed by atoms with Crippen molar-refractivity contribution in [1.82, 2.24) is 20.0 Å². The van der Waals surface area contributed by atoms with Gasteiger partial charge in [0.2, 0.25) is 0 Å². The predicted molar refractivity (Wildman–Crippen MR) is 112 cm³/mol. The van der Waals surface area contributed by atoms with Crippen LogP contribution in [0.1, 0.15) is 10.5 Å². The van der Waals surface area contributed by atoms with Gasteiger partial charge in [0.05, 0.1) is 29.6 Å². The summed E-state index contributed by atoms with van der Waals surface area (Å²) < 4.78 is 21.8. The first kappa shape index (κ1) is 21.0. The van der Waals surface area contributed by atoms with Crippen LogP contribution in [0.5, 0.6) is 5.75 Å². The van der Waals surface area contributed by atoms with Crippen LogP contribution in [-0.4, -0.2) is 46.3 Å². The quantitative estimate of drug-likeness (QED) is 0.575. The van der Waals surface area contributed by atoms with Gasteiger partial charge in [-0.2, -0.15) is 5.10 Å². The lowest BCUT2D eigenvalue weighted by molar-refractivity contribution is 0.0995. The van der Waals surface area contributed by atoms with Crippen molar-refractivity contribution < 1.29 is 13.9 Å². The standard InChI is InChI=1S/C18H19ClFN6O2P/c1-26-15(29(3)4)8-11(25-26)10-5-9(20)6-13(17(10)28-2)22-12-7-14(19)23-24-16(12)18(21)27/h5-8H,1-4H3,(H2,21,27)(H,22,23). The van der Waals surface area contributed by atoms with Crippen molar-refractivity contribution in [3.05, 3.63) is 40.9 Å². The Labute approximate surface area is 173 Å². The molecule has 11 heteroatoms. The van der Waals surface area contributed by atoms with Crippen LogP contribution in [0.25, 0.3) is 11.3 Å². The van der Waals surface area contributed by atoms with E-state index in [1.54, 1.807) is 4.68 Å². The largest absolute Gasteiger partial charge is 0.494 e. The maximum atomic E-state index is 14.5. The summed E-state index contributed by atoms with van der Waals surface area (Å²) >= 11 is 5.89. The van der Waals surface area contributed by atoms with Crippen LogP contribution in [0.4, 0.5) is 15.8 Å². The van der Waals surface area contributed by atoms with Crippen LogP contribution in [0.15, 0.2) is 24.3 Å². The van der Waals surface area contributed by atoms with Crippen LogP contribution < -0.4 is 21.2 Å². The minimum atomic E-state index is -0.805. The summed E-state index contributed by atoms with van der Waals surface area (Å²) in [6.45, 7) is 4.22. The van der Waals surface area contributed by atoms with Crippen LogP contribution in [0, 0.1) is 5.82 Å². The second-order valence-corrected chi connectivity index (χ2v) is 8.99. The van der Waals surface area contributed by atoms with Crippen molar-refractivity contribution in [3.63, 3.8) is 0 Å². The summed E-state index contributed by atoms with van der Waals surface area (Å²) in [6.07, 6.45) is 0. The number of anilines is 2. The lowest BCUT2D eigenvalue weighted by Gasteiger charge is -2.15. The SMILES string of the molecule is COc1c(Nc2cc(Cl)nnc2C(N)=O)cc(F)cc1-c1cc(P(C)C)n(C)n1. The van der Waals surface area contributed by atoms with Gasteiger partial charge in [-0.3, -0.25) is 9.48 Å². The molecule has 0 aliphatic rings. The molecule has 1 amide bonds. The van der Waals surface area contributed by atoms with Crippen LogP contribution >= 0.6 is 19.5 Å². The fourth-order valence-corrected chi connectivity index (χ4v) is 4.05. The molecule has 0 radical (unpaired) electrons. The molecule has 0 spiro atoms. The van der Waals surface area contributed by atoms with Crippen molar-refractivity contribution >= 4 is 42.2 Å². The van der Waals surface area contributed by atoms with Gasteiger partial charge in [-0.15, -0.1) is 10.2 Å². The summed E-state index contributed by atoms with van der Waals surface area (Å²) in [4.78, 5) is 11.7. The van der Waals surface area contributed by atoms with E-state index in [0.29, 0.717) is 17.0 Å². The minimum Gasteiger partial charge on any atom is -0.494 e. The first-order valence-electron chi connectivity index (χ1n) is 8.40. The number of carbonyl (C=O) groups is 1. The highest BCUT2D eigenvalue weighted by Gasteiger charge is 2.20. The smallest absolute Gasteiger partial charge is 0.271 e. The second kappa shape index (κ2) is 8.31. The third-order valence-electron chi connectivity index (χ3n) is 4.11. The van der Waals surface area contributed by atoms with E-state index < -0.39 is 19.6 Å². The van der Waals surface area contributed by atoms with Crippen LogP contribution in [0.2, 0.25) is 5.15 Å². The third-order valence-corrected chi connectivity index (χ3v) is 5.63. The van der Waals surface area contributed by atoms with Gasteiger partial charge in [0.25, 0.3) is 5.91 Å². The number of primary amides is 1. The molecular formula is C18H19ClFN6O2P. The molecule has 0 saturated carbocycles. The van der Waals surface area contributed by atoms with E-state index in [0.717, 1.165) is 5.44 Å². The molecule has 2 aromatic heterocycles. The highest BCUT2D eigenvalue weighted by atomic mass is 35.5. The number of hydrogen-bond acceptors (Lipinski definition) is 6. The van der Waals surface area contributed by atoms with Gasteiger partial charge >= 0.3 is 0 Å². The zero-order chi connectivity index (χ0) is 21.3. The molecule has 2 heterocycles. The molecule has 0 unspecified atom stereocenters. The molecular weight excluding hydrogens is 418 g/mol. The number of halogens is 2. The number of methoxy groups -OCH3 is 1. The number of nitrogens with one attached hydrogen (secondary N) is 1. The summed E-state index contributed by atoms with van der Waals surface area (Å²) in [6, 6.07) is 5.86. The molecule has 0 aliphatic carbocycles. The van der Waals surface area contributed by atoms with E-state index in [1.165, 1.54) is 25.3 Å².